The van der Waals surface area contributed by atoms with Crippen molar-refractivity contribution in [3.63, 3.8) is 0 Å². The molecule has 0 amide bonds. The molecule has 0 aliphatic heterocycles. The van der Waals surface area contributed by atoms with E-state index in [1.807, 2.05) is 0 Å². The number of nitro benzene ring substituents is 1. The first-order valence-corrected chi connectivity index (χ1v) is 15.7. The molecular weight excluding hydrogens is 640 g/mol. The topological polar surface area (TPSA) is 252 Å². The zero-order chi connectivity index (χ0) is 33.1. The fourth-order valence-electron chi connectivity index (χ4n) is 3.98. The zero-order valence-corrected chi connectivity index (χ0v) is 24.7. The summed E-state index contributed by atoms with van der Waals surface area (Å²) >= 11 is 0. The van der Waals surface area contributed by atoms with Crippen molar-refractivity contribution in [2.24, 2.45) is 30.7 Å². The fraction of sp³-hybridized carbons (Fsp3) is 0. The lowest BCUT2D eigenvalue weighted by Gasteiger charge is -2.09. The van der Waals surface area contributed by atoms with Crippen molar-refractivity contribution >= 4 is 76.5 Å². The van der Waals surface area contributed by atoms with Gasteiger partial charge in [-0.1, -0.05) is 6.07 Å². The van der Waals surface area contributed by atoms with Crippen LogP contribution in [0.3, 0.4) is 0 Å². The molecule has 0 aliphatic carbocycles. The Balaban J connectivity index is 1.41. The van der Waals surface area contributed by atoms with E-state index in [1.165, 1.54) is 72.8 Å². The van der Waals surface area contributed by atoms with E-state index in [9.17, 15) is 31.5 Å². The van der Waals surface area contributed by atoms with Gasteiger partial charge in [0.15, 0.2) is 0 Å². The van der Waals surface area contributed by atoms with Crippen LogP contribution in [0.15, 0.2) is 138 Å². The van der Waals surface area contributed by atoms with Crippen LogP contribution in [0, 0.1) is 10.1 Å². The van der Waals surface area contributed by atoms with Crippen molar-refractivity contribution in [1.82, 2.24) is 0 Å². The van der Waals surface area contributed by atoms with Gasteiger partial charge in [-0.05, 0) is 84.2 Å². The van der Waals surface area contributed by atoms with Gasteiger partial charge >= 0.3 is 0 Å². The maximum Gasteiger partial charge on any atom is 0.296 e. The predicted molar refractivity (Wildman–Crippen MR) is 166 cm³/mol. The maximum atomic E-state index is 12.3. The van der Waals surface area contributed by atoms with E-state index in [0.717, 1.165) is 6.07 Å². The number of nitrogens with two attached hydrogens (primary N) is 1. The summed E-state index contributed by atoms with van der Waals surface area (Å²) in [6.45, 7) is 0. The van der Waals surface area contributed by atoms with Crippen LogP contribution in [0.5, 0.6) is 0 Å². The van der Waals surface area contributed by atoms with Crippen LogP contribution >= 0.6 is 0 Å². The second-order valence-corrected chi connectivity index (χ2v) is 12.2. The number of hydrogen-bond acceptors (Lipinski definition) is 13. The molecule has 5 aromatic rings. The molecule has 5 rings (SSSR count). The van der Waals surface area contributed by atoms with Gasteiger partial charge in [0.05, 0.1) is 38.3 Å². The Morgan fingerprint density at radius 3 is 1.59 bits per heavy atom. The van der Waals surface area contributed by atoms with Crippen molar-refractivity contribution in [2.45, 2.75) is 9.79 Å². The normalized spacial score (nSPS) is 12.5. The van der Waals surface area contributed by atoms with Gasteiger partial charge in [-0.25, -0.2) is 0 Å². The van der Waals surface area contributed by atoms with E-state index in [4.69, 9.17) is 10.3 Å². The van der Waals surface area contributed by atoms with Gasteiger partial charge in [0, 0.05) is 17.5 Å². The summed E-state index contributed by atoms with van der Waals surface area (Å²) in [5.74, 6) is 0. The monoisotopic (exact) mass is 660 g/mol. The number of non-ortho nitro benzene ring substituents is 1. The van der Waals surface area contributed by atoms with Crippen LogP contribution in [-0.2, 0) is 20.2 Å². The number of benzene rings is 5. The number of fused-ring (bicyclic) bond motifs is 1. The largest absolute Gasteiger partial charge is 0.397 e. The second-order valence-electron chi connectivity index (χ2n) is 9.38. The first-order chi connectivity index (χ1) is 21.8. The van der Waals surface area contributed by atoms with E-state index in [-0.39, 0.29) is 38.7 Å². The van der Waals surface area contributed by atoms with Crippen molar-refractivity contribution in [2.75, 3.05) is 5.73 Å². The van der Waals surface area contributed by atoms with Crippen LogP contribution in [0.1, 0.15) is 0 Å². The third kappa shape index (κ3) is 7.45. The Kier molecular flexibility index (Phi) is 8.69. The summed E-state index contributed by atoms with van der Waals surface area (Å²) in [7, 11) is -9.12. The minimum atomic E-state index is -4.80. The smallest absolute Gasteiger partial charge is 0.296 e. The fourth-order valence-corrected chi connectivity index (χ4v) is 5.10. The van der Waals surface area contributed by atoms with E-state index in [1.54, 1.807) is 18.2 Å². The molecule has 0 fully saturated rings. The van der Waals surface area contributed by atoms with Gasteiger partial charge in [0.1, 0.15) is 16.3 Å². The lowest BCUT2D eigenvalue weighted by atomic mass is 10.1. The quantitative estimate of drug-likeness (QED) is 0.0453. The maximum absolute atomic E-state index is 12.3. The first kappa shape index (κ1) is 31.6. The Morgan fingerprint density at radius 1 is 0.609 bits per heavy atom. The predicted octanol–water partition coefficient (Wildman–Crippen LogP) is 8.07. The summed E-state index contributed by atoms with van der Waals surface area (Å²) < 4.78 is 66.0. The number of nitrogen functional groups attached to an aromatic ring is 1. The number of rotatable bonds is 9. The van der Waals surface area contributed by atoms with Crippen LogP contribution in [-0.4, -0.2) is 30.9 Å². The molecule has 18 heteroatoms. The summed E-state index contributed by atoms with van der Waals surface area (Å²) in [6, 6.07) is 22.2. The van der Waals surface area contributed by atoms with Gasteiger partial charge in [-0.3, -0.25) is 19.2 Å². The van der Waals surface area contributed by atoms with Crippen molar-refractivity contribution < 1.29 is 30.9 Å². The Morgan fingerprint density at radius 2 is 1.09 bits per heavy atom. The molecule has 16 nitrogen and oxygen atoms in total. The highest BCUT2D eigenvalue weighted by molar-refractivity contribution is 7.86. The van der Waals surface area contributed by atoms with Crippen LogP contribution < -0.4 is 5.73 Å². The first-order valence-electron chi connectivity index (χ1n) is 12.8. The number of hydrogen-bond donors (Lipinski definition) is 3. The molecule has 0 atom stereocenters. The summed E-state index contributed by atoms with van der Waals surface area (Å²) in [5.41, 5.74) is 7.39. The molecular formula is C28H20N8O8S2. The Hall–Kier alpha value is -5.82. The average molecular weight is 661 g/mol. The van der Waals surface area contributed by atoms with E-state index in [0.29, 0.717) is 22.4 Å². The summed E-state index contributed by atoms with van der Waals surface area (Å²) in [5, 5.41) is 35.9. The molecule has 0 unspecified atom stereocenters. The third-order valence-corrected chi connectivity index (χ3v) is 8.00. The number of azo groups is 3. The minimum Gasteiger partial charge on any atom is -0.397 e. The molecule has 4 N–H and O–H groups in total. The Labute approximate surface area is 260 Å². The van der Waals surface area contributed by atoms with Crippen molar-refractivity contribution in [3.05, 3.63) is 107 Å². The van der Waals surface area contributed by atoms with Gasteiger partial charge in [-0.15, -0.1) is 10.2 Å². The van der Waals surface area contributed by atoms with Gasteiger partial charge in [0.25, 0.3) is 25.9 Å². The van der Waals surface area contributed by atoms with Gasteiger partial charge in [-0.2, -0.15) is 37.3 Å². The highest BCUT2D eigenvalue weighted by Gasteiger charge is 2.19. The lowest BCUT2D eigenvalue weighted by molar-refractivity contribution is -0.384. The Bertz CT molecular complexity index is 2270. The van der Waals surface area contributed by atoms with Crippen molar-refractivity contribution in [1.29, 1.82) is 0 Å². The standard InChI is InChI=1S/C28H20N8O8S2/c29-25-14-1-17-15-26(27(46(42,43)44)16-24(17)28(25)35-33-20-6-10-22(11-7-20)36(37)38)34-32-19-4-2-18(3-5-19)30-31-21-8-12-23(13-9-21)45(39,40)41/h1-16H,29H2,(H,39,40,41)(H,42,43,44). The van der Waals surface area contributed by atoms with Crippen LogP contribution in [0.25, 0.3) is 10.8 Å². The van der Waals surface area contributed by atoms with Gasteiger partial charge in [0.2, 0.25) is 0 Å². The third-order valence-electron chi connectivity index (χ3n) is 6.24. The van der Waals surface area contributed by atoms with E-state index < -0.39 is 30.1 Å². The molecule has 0 bridgehead atoms. The minimum absolute atomic E-state index is 0.100. The average Bonchev–Trinajstić information content (AvgIpc) is 3.02. The molecule has 0 aliphatic rings. The number of nitrogens with zero attached hydrogens (tertiary/aromatic N) is 7. The number of nitro groups is 1. The molecule has 0 saturated heterocycles. The molecule has 0 aromatic heterocycles. The van der Waals surface area contributed by atoms with Crippen LogP contribution in [0.4, 0.5) is 45.5 Å². The molecule has 5 aromatic carbocycles. The van der Waals surface area contributed by atoms with Crippen molar-refractivity contribution in [3.8, 4) is 0 Å². The summed E-state index contributed by atoms with van der Waals surface area (Å²) in [4.78, 5) is 9.49. The summed E-state index contributed by atoms with van der Waals surface area (Å²) in [6.07, 6.45) is 0. The molecule has 232 valence electrons. The number of anilines is 1. The van der Waals surface area contributed by atoms with E-state index >= 15 is 0 Å². The zero-order valence-electron chi connectivity index (χ0n) is 23.1. The highest BCUT2D eigenvalue weighted by atomic mass is 32.2. The highest BCUT2D eigenvalue weighted by Crippen LogP contribution is 2.39. The van der Waals surface area contributed by atoms with Gasteiger partial charge < -0.3 is 5.73 Å². The van der Waals surface area contributed by atoms with Crippen LogP contribution in [0.2, 0.25) is 0 Å². The lowest BCUT2D eigenvalue weighted by Crippen LogP contribution is -1.99. The molecule has 46 heavy (non-hydrogen) atoms. The second kappa shape index (κ2) is 12.7. The molecule has 0 spiro atoms. The molecule has 0 radical (unpaired) electrons. The molecule has 0 saturated carbocycles. The molecule has 0 heterocycles. The van der Waals surface area contributed by atoms with E-state index in [2.05, 4.69) is 30.7 Å². The SMILES string of the molecule is Nc1ccc2cc(N=Nc3ccc(N=Nc4ccc(S(=O)(=O)O)cc4)cc3)c(S(=O)(=O)O)cc2c1N=Nc1ccc([N+](=O)[O-])cc1.